The standard InChI is InChI=1S/C13H17NO4/c1-4-14-9-7-12(18-3)11(17-2)6-8(9)5-10(14)13(15)16/h6-7,10H,4-5H2,1-3H3,(H,15,16). The van der Waals surface area contributed by atoms with E-state index in [1.807, 2.05) is 24.0 Å². The summed E-state index contributed by atoms with van der Waals surface area (Å²) in [6, 6.07) is 3.21. The minimum Gasteiger partial charge on any atom is -0.493 e. The molecular weight excluding hydrogens is 234 g/mol. The van der Waals surface area contributed by atoms with E-state index >= 15 is 0 Å². The van der Waals surface area contributed by atoms with E-state index in [1.165, 1.54) is 0 Å². The second-order valence-electron chi connectivity index (χ2n) is 4.18. The highest BCUT2D eigenvalue weighted by Crippen LogP contribution is 2.40. The topological polar surface area (TPSA) is 59.0 Å². The molecule has 0 aliphatic carbocycles. The molecule has 1 aliphatic heterocycles. The van der Waals surface area contributed by atoms with E-state index in [4.69, 9.17) is 9.47 Å². The van der Waals surface area contributed by atoms with Crippen LogP contribution in [0.25, 0.3) is 0 Å². The number of likely N-dealkylation sites (N-methyl/N-ethyl adjacent to an activating group) is 1. The number of aliphatic carboxylic acids is 1. The second-order valence-corrected chi connectivity index (χ2v) is 4.18. The molecule has 0 bridgehead atoms. The van der Waals surface area contributed by atoms with Gasteiger partial charge in [0.2, 0.25) is 0 Å². The van der Waals surface area contributed by atoms with Gasteiger partial charge in [-0.25, -0.2) is 4.79 Å². The minimum atomic E-state index is -0.800. The van der Waals surface area contributed by atoms with Crippen molar-refractivity contribution in [2.45, 2.75) is 19.4 Å². The van der Waals surface area contributed by atoms with Gasteiger partial charge < -0.3 is 19.5 Å². The maximum absolute atomic E-state index is 11.2. The number of nitrogens with zero attached hydrogens (tertiary/aromatic N) is 1. The van der Waals surface area contributed by atoms with Gasteiger partial charge in [0.1, 0.15) is 6.04 Å². The number of methoxy groups -OCH3 is 2. The molecule has 1 aromatic rings. The predicted molar refractivity (Wildman–Crippen MR) is 67.7 cm³/mol. The van der Waals surface area contributed by atoms with Crippen molar-refractivity contribution in [1.82, 2.24) is 0 Å². The molecule has 0 amide bonds. The fraction of sp³-hybridized carbons (Fsp3) is 0.462. The van der Waals surface area contributed by atoms with Crippen molar-refractivity contribution in [3.05, 3.63) is 17.7 Å². The summed E-state index contributed by atoms with van der Waals surface area (Å²) in [5, 5.41) is 9.24. The monoisotopic (exact) mass is 251 g/mol. The highest BCUT2D eigenvalue weighted by atomic mass is 16.5. The van der Waals surface area contributed by atoms with Gasteiger partial charge in [0, 0.05) is 24.7 Å². The van der Waals surface area contributed by atoms with Crippen molar-refractivity contribution in [2.24, 2.45) is 0 Å². The zero-order valence-electron chi connectivity index (χ0n) is 10.8. The van der Waals surface area contributed by atoms with Gasteiger partial charge >= 0.3 is 5.97 Å². The molecular formula is C13H17NO4. The summed E-state index contributed by atoms with van der Waals surface area (Å²) in [4.78, 5) is 13.1. The Kier molecular flexibility index (Phi) is 3.32. The number of carboxylic acid groups (broad SMARTS) is 1. The summed E-state index contributed by atoms with van der Waals surface area (Å²) in [5.74, 6) is 0.463. The molecule has 1 N–H and O–H groups in total. The molecule has 0 fully saturated rings. The van der Waals surface area contributed by atoms with Crippen LogP contribution in [-0.2, 0) is 11.2 Å². The van der Waals surface area contributed by atoms with Crippen LogP contribution >= 0.6 is 0 Å². The first-order valence-corrected chi connectivity index (χ1v) is 5.86. The van der Waals surface area contributed by atoms with E-state index in [-0.39, 0.29) is 0 Å². The number of fused-ring (bicyclic) bond motifs is 1. The average molecular weight is 251 g/mol. The molecule has 0 radical (unpaired) electrons. The van der Waals surface area contributed by atoms with Crippen molar-refractivity contribution < 1.29 is 19.4 Å². The molecule has 1 aromatic carbocycles. The summed E-state index contributed by atoms with van der Waals surface area (Å²) in [5.41, 5.74) is 1.91. The highest BCUT2D eigenvalue weighted by molar-refractivity contribution is 5.83. The van der Waals surface area contributed by atoms with Gasteiger partial charge in [-0.1, -0.05) is 0 Å². The molecule has 1 heterocycles. The lowest BCUT2D eigenvalue weighted by Gasteiger charge is -2.23. The van der Waals surface area contributed by atoms with Gasteiger partial charge in [0.25, 0.3) is 0 Å². The zero-order chi connectivity index (χ0) is 13.3. The van der Waals surface area contributed by atoms with Gasteiger partial charge in [-0.2, -0.15) is 0 Å². The second kappa shape index (κ2) is 4.76. The van der Waals surface area contributed by atoms with Crippen molar-refractivity contribution >= 4 is 11.7 Å². The van der Waals surface area contributed by atoms with Gasteiger partial charge in [0.15, 0.2) is 11.5 Å². The van der Waals surface area contributed by atoms with E-state index < -0.39 is 12.0 Å². The molecule has 1 atom stereocenters. The molecule has 0 saturated carbocycles. The fourth-order valence-electron chi connectivity index (χ4n) is 2.44. The maximum atomic E-state index is 11.2. The smallest absolute Gasteiger partial charge is 0.326 e. The number of ether oxygens (including phenoxy) is 2. The Bertz CT molecular complexity index is 472. The van der Waals surface area contributed by atoms with Crippen LogP contribution in [0.15, 0.2) is 12.1 Å². The lowest BCUT2D eigenvalue weighted by atomic mass is 10.1. The first-order valence-electron chi connectivity index (χ1n) is 5.86. The summed E-state index contributed by atoms with van der Waals surface area (Å²) in [6.07, 6.45) is 0.499. The third-order valence-corrected chi connectivity index (χ3v) is 3.31. The van der Waals surface area contributed by atoms with E-state index in [1.54, 1.807) is 14.2 Å². The number of anilines is 1. The van der Waals surface area contributed by atoms with Crippen molar-refractivity contribution in [1.29, 1.82) is 0 Å². The fourth-order valence-corrected chi connectivity index (χ4v) is 2.44. The molecule has 0 aromatic heterocycles. The van der Waals surface area contributed by atoms with E-state index in [2.05, 4.69) is 0 Å². The van der Waals surface area contributed by atoms with E-state index in [0.29, 0.717) is 24.5 Å². The Morgan fingerprint density at radius 1 is 1.39 bits per heavy atom. The Balaban J connectivity index is 2.47. The Morgan fingerprint density at radius 3 is 2.50 bits per heavy atom. The lowest BCUT2D eigenvalue weighted by molar-refractivity contribution is -0.138. The first-order chi connectivity index (χ1) is 8.62. The first kappa shape index (κ1) is 12.5. The molecule has 1 unspecified atom stereocenters. The van der Waals surface area contributed by atoms with Crippen molar-refractivity contribution in [2.75, 3.05) is 25.7 Å². The number of hydrogen-bond donors (Lipinski definition) is 1. The molecule has 5 heteroatoms. The number of rotatable bonds is 4. The number of hydrogen-bond acceptors (Lipinski definition) is 4. The molecule has 18 heavy (non-hydrogen) atoms. The number of carbonyl (C=O) groups is 1. The van der Waals surface area contributed by atoms with Crippen LogP contribution in [-0.4, -0.2) is 37.9 Å². The normalized spacial score (nSPS) is 17.5. The molecule has 1 aliphatic rings. The number of benzene rings is 1. The third-order valence-electron chi connectivity index (χ3n) is 3.31. The quantitative estimate of drug-likeness (QED) is 0.879. The third kappa shape index (κ3) is 1.85. The van der Waals surface area contributed by atoms with Crippen LogP contribution in [0, 0.1) is 0 Å². The summed E-state index contributed by atoms with van der Waals surface area (Å²) >= 11 is 0. The molecule has 98 valence electrons. The van der Waals surface area contributed by atoms with Gasteiger partial charge in [-0.15, -0.1) is 0 Å². The van der Waals surface area contributed by atoms with Crippen molar-refractivity contribution in [3.8, 4) is 11.5 Å². The highest BCUT2D eigenvalue weighted by Gasteiger charge is 2.34. The van der Waals surface area contributed by atoms with Crippen LogP contribution in [0.2, 0.25) is 0 Å². The summed E-state index contributed by atoms with van der Waals surface area (Å²) < 4.78 is 10.5. The Labute approximate surface area is 106 Å². The van der Waals surface area contributed by atoms with E-state index in [9.17, 15) is 9.90 Å². The lowest BCUT2D eigenvalue weighted by Crippen LogP contribution is -2.38. The Hall–Kier alpha value is -1.91. The average Bonchev–Trinajstić information content (AvgIpc) is 2.74. The number of carboxylic acids is 1. The maximum Gasteiger partial charge on any atom is 0.326 e. The van der Waals surface area contributed by atoms with Crippen LogP contribution in [0.3, 0.4) is 0 Å². The van der Waals surface area contributed by atoms with Crippen LogP contribution in [0.1, 0.15) is 12.5 Å². The summed E-state index contributed by atoms with van der Waals surface area (Å²) in [7, 11) is 3.15. The van der Waals surface area contributed by atoms with Crippen LogP contribution < -0.4 is 14.4 Å². The summed E-state index contributed by atoms with van der Waals surface area (Å²) in [6.45, 7) is 2.60. The zero-order valence-corrected chi connectivity index (χ0v) is 10.8. The predicted octanol–water partition coefficient (Wildman–Crippen LogP) is 1.54. The Morgan fingerprint density at radius 2 is 2.00 bits per heavy atom. The molecule has 2 rings (SSSR count). The van der Waals surface area contributed by atoms with Crippen molar-refractivity contribution in [3.63, 3.8) is 0 Å². The minimum absolute atomic E-state index is 0.498. The van der Waals surface area contributed by atoms with Crippen LogP contribution in [0.4, 0.5) is 5.69 Å². The SMILES string of the molecule is CCN1c2cc(OC)c(OC)cc2CC1C(=O)O. The van der Waals surface area contributed by atoms with Gasteiger partial charge in [0.05, 0.1) is 14.2 Å². The van der Waals surface area contributed by atoms with Gasteiger partial charge in [-0.05, 0) is 18.6 Å². The molecule has 0 spiro atoms. The van der Waals surface area contributed by atoms with E-state index in [0.717, 1.165) is 11.3 Å². The van der Waals surface area contributed by atoms with Gasteiger partial charge in [-0.3, -0.25) is 0 Å². The molecule has 0 saturated heterocycles. The molecule has 5 nitrogen and oxygen atoms in total. The largest absolute Gasteiger partial charge is 0.493 e. The van der Waals surface area contributed by atoms with Crippen LogP contribution in [0.5, 0.6) is 11.5 Å².